The van der Waals surface area contributed by atoms with Crippen molar-refractivity contribution in [2.45, 2.75) is 26.7 Å². The SMILES string of the molecule is CCN(c1cccc(C)c1)c1ccc(CCl)c(C)n1. The van der Waals surface area contributed by atoms with E-state index in [-0.39, 0.29) is 0 Å². The van der Waals surface area contributed by atoms with Crippen LogP contribution in [-0.4, -0.2) is 11.5 Å². The van der Waals surface area contributed by atoms with Gasteiger partial charge in [0, 0.05) is 23.8 Å². The minimum atomic E-state index is 0.510. The zero-order valence-electron chi connectivity index (χ0n) is 11.7. The molecule has 0 aliphatic rings. The fourth-order valence-electron chi connectivity index (χ4n) is 2.14. The summed E-state index contributed by atoms with van der Waals surface area (Å²) in [5.74, 6) is 1.48. The lowest BCUT2D eigenvalue weighted by Crippen LogP contribution is -2.18. The van der Waals surface area contributed by atoms with Crippen LogP contribution in [0.2, 0.25) is 0 Å². The lowest BCUT2D eigenvalue weighted by molar-refractivity contribution is 0.971. The lowest BCUT2D eigenvalue weighted by Gasteiger charge is -2.23. The van der Waals surface area contributed by atoms with E-state index in [1.165, 1.54) is 11.3 Å². The Balaban J connectivity index is 2.39. The molecule has 2 rings (SSSR count). The minimum Gasteiger partial charge on any atom is -0.327 e. The Labute approximate surface area is 120 Å². The van der Waals surface area contributed by atoms with Gasteiger partial charge in [-0.25, -0.2) is 4.98 Å². The van der Waals surface area contributed by atoms with Gasteiger partial charge >= 0.3 is 0 Å². The first-order valence-corrected chi connectivity index (χ1v) is 7.06. The average molecular weight is 275 g/mol. The fraction of sp³-hybridized carbons (Fsp3) is 0.312. The molecule has 0 spiro atoms. The molecule has 19 heavy (non-hydrogen) atoms. The Morgan fingerprint density at radius 2 is 1.95 bits per heavy atom. The standard InChI is InChI=1S/C16H19ClN2/c1-4-19(15-7-5-6-12(2)10-15)16-9-8-14(11-17)13(3)18-16/h5-10H,4,11H2,1-3H3. The molecule has 1 aromatic heterocycles. The second-order valence-electron chi connectivity index (χ2n) is 4.63. The summed E-state index contributed by atoms with van der Waals surface area (Å²) in [4.78, 5) is 6.87. The van der Waals surface area contributed by atoms with Gasteiger partial charge in [0.1, 0.15) is 5.82 Å². The van der Waals surface area contributed by atoms with E-state index < -0.39 is 0 Å². The van der Waals surface area contributed by atoms with E-state index in [0.29, 0.717) is 5.88 Å². The van der Waals surface area contributed by atoms with E-state index in [1.807, 2.05) is 13.0 Å². The summed E-state index contributed by atoms with van der Waals surface area (Å²) in [6, 6.07) is 12.6. The van der Waals surface area contributed by atoms with Crippen molar-refractivity contribution >= 4 is 23.1 Å². The maximum atomic E-state index is 5.88. The molecule has 0 saturated carbocycles. The third-order valence-electron chi connectivity index (χ3n) is 3.23. The van der Waals surface area contributed by atoms with Crippen LogP contribution in [0.3, 0.4) is 0 Å². The van der Waals surface area contributed by atoms with Crippen molar-refractivity contribution in [2.75, 3.05) is 11.4 Å². The van der Waals surface area contributed by atoms with Crippen molar-refractivity contribution in [3.63, 3.8) is 0 Å². The second kappa shape index (κ2) is 6.07. The van der Waals surface area contributed by atoms with Crippen LogP contribution in [-0.2, 0) is 5.88 Å². The van der Waals surface area contributed by atoms with Gasteiger partial charge < -0.3 is 4.90 Å². The molecule has 100 valence electrons. The molecule has 0 saturated heterocycles. The van der Waals surface area contributed by atoms with Crippen molar-refractivity contribution in [1.82, 2.24) is 4.98 Å². The highest BCUT2D eigenvalue weighted by Crippen LogP contribution is 2.25. The number of rotatable bonds is 4. The molecule has 1 aromatic carbocycles. The van der Waals surface area contributed by atoms with Gasteiger partial charge in [0.25, 0.3) is 0 Å². The maximum Gasteiger partial charge on any atom is 0.133 e. The molecule has 2 nitrogen and oxygen atoms in total. The Hall–Kier alpha value is -1.54. The zero-order valence-corrected chi connectivity index (χ0v) is 12.4. The highest BCUT2D eigenvalue weighted by Gasteiger charge is 2.10. The molecular weight excluding hydrogens is 256 g/mol. The first-order valence-electron chi connectivity index (χ1n) is 6.52. The van der Waals surface area contributed by atoms with E-state index in [0.717, 1.165) is 23.6 Å². The number of hydrogen-bond acceptors (Lipinski definition) is 2. The molecule has 0 amide bonds. The van der Waals surface area contributed by atoms with Crippen molar-refractivity contribution in [2.24, 2.45) is 0 Å². The quantitative estimate of drug-likeness (QED) is 0.758. The number of hydrogen-bond donors (Lipinski definition) is 0. The number of alkyl halides is 1. The van der Waals surface area contributed by atoms with Gasteiger partial charge in [-0.05, 0) is 50.1 Å². The topological polar surface area (TPSA) is 16.1 Å². The van der Waals surface area contributed by atoms with Crippen LogP contribution in [0.5, 0.6) is 0 Å². The van der Waals surface area contributed by atoms with E-state index in [9.17, 15) is 0 Å². The first-order chi connectivity index (χ1) is 9.15. The highest BCUT2D eigenvalue weighted by atomic mass is 35.5. The number of aromatic nitrogens is 1. The molecule has 1 heterocycles. The fourth-order valence-corrected chi connectivity index (χ4v) is 2.42. The summed E-state index contributed by atoms with van der Waals surface area (Å²) in [6.07, 6.45) is 0. The van der Waals surface area contributed by atoms with Gasteiger partial charge in [0.05, 0.1) is 0 Å². The van der Waals surface area contributed by atoms with Gasteiger partial charge in [-0.15, -0.1) is 11.6 Å². The Morgan fingerprint density at radius 3 is 2.53 bits per heavy atom. The van der Waals surface area contributed by atoms with Crippen LogP contribution in [0, 0.1) is 13.8 Å². The number of nitrogens with zero attached hydrogens (tertiary/aromatic N) is 2. The minimum absolute atomic E-state index is 0.510. The van der Waals surface area contributed by atoms with E-state index in [4.69, 9.17) is 11.6 Å². The first kappa shape index (κ1) is 13.9. The van der Waals surface area contributed by atoms with E-state index in [1.54, 1.807) is 0 Å². The zero-order chi connectivity index (χ0) is 13.8. The summed E-state index contributed by atoms with van der Waals surface area (Å²) in [7, 11) is 0. The summed E-state index contributed by atoms with van der Waals surface area (Å²) in [6.45, 7) is 7.13. The Bertz CT molecular complexity index is 566. The van der Waals surface area contributed by atoms with Crippen molar-refractivity contribution in [3.8, 4) is 0 Å². The third kappa shape index (κ3) is 3.07. The van der Waals surface area contributed by atoms with Crippen LogP contribution in [0.15, 0.2) is 36.4 Å². The molecule has 3 heteroatoms. The van der Waals surface area contributed by atoms with Crippen molar-refractivity contribution < 1.29 is 0 Å². The largest absolute Gasteiger partial charge is 0.327 e. The molecule has 0 aliphatic carbocycles. The Kier molecular flexibility index (Phi) is 4.43. The van der Waals surface area contributed by atoms with Crippen LogP contribution < -0.4 is 4.90 Å². The lowest BCUT2D eigenvalue weighted by atomic mass is 10.2. The second-order valence-corrected chi connectivity index (χ2v) is 4.90. The predicted octanol–water partition coefficient (Wildman–Crippen LogP) is 4.60. The average Bonchev–Trinajstić information content (AvgIpc) is 2.40. The highest BCUT2D eigenvalue weighted by molar-refractivity contribution is 6.17. The van der Waals surface area contributed by atoms with Gasteiger partial charge in [-0.1, -0.05) is 18.2 Å². The third-order valence-corrected chi connectivity index (χ3v) is 3.52. The number of anilines is 2. The van der Waals surface area contributed by atoms with Gasteiger partial charge in [0.15, 0.2) is 0 Å². The summed E-state index contributed by atoms with van der Waals surface area (Å²) >= 11 is 5.88. The van der Waals surface area contributed by atoms with Crippen molar-refractivity contribution in [1.29, 1.82) is 0 Å². The summed E-state index contributed by atoms with van der Waals surface area (Å²) in [5, 5.41) is 0. The van der Waals surface area contributed by atoms with Crippen molar-refractivity contribution in [3.05, 3.63) is 53.2 Å². The molecule has 0 unspecified atom stereocenters. The van der Waals surface area contributed by atoms with E-state index >= 15 is 0 Å². The smallest absolute Gasteiger partial charge is 0.133 e. The molecule has 0 radical (unpaired) electrons. The summed E-state index contributed by atoms with van der Waals surface area (Å²) in [5.41, 5.74) is 4.52. The van der Waals surface area contributed by atoms with Gasteiger partial charge in [0.2, 0.25) is 0 Å². The number of benzene rings is 1. The van der Waals surface area contributed by atoms with Crippen LogP contribution in [0.1, 0.15) is 23.7 Å². The molecule has 0 aliphatic heterocycles. The predicted molar refractivity (Wildman–Crippen MR) is 82.4 cm³/mol. The Morgan fingerprint density at radius 1 is 1.16 bits per heavy atom. The summed E-state index contributed by atoms with van der Waals surface area (Å²) < 4.78 is 0. The molecule has 0 fully saturated rings. The monoisotopic (exact) mass is 274 g/mol. The van der Waals surface area contributed by atoms with E-state index in [2.05, 4.69) is 54.1 Å². The maximum absolute atomic E-state index is 5.88. The number of aryl methyl sites for hydroxylation is 2. The molecule has 0 bridgehead atoms. The normalized spacial score (nSPS) is 10.5. The van der Waals surface area contributed by atoms with Crippen LogP contribution in [0.25, 0.3) is 0 Å². The molecular formula is C16H19ClN2. The molecule has 0 atom stereocenters. The van der Waals surface area contributed by atoms with Crippen LogP contribution >= 0.6 is 11.6 Å². The molecule has 0 N–H and O–H groups in total. The van der Waals surface area contributed by atoms with Crippen LogP contribution in [0.4, 0.5) is 11.5 Å². The van der Waals surface area contributed by atoms with Gasteiger partial charge in [-0.2, -0.15) is 0 Å². The molecule has 2 aromatic rings. The number of halogens is 1. The van der Waals surface area contributed by atoms with Gasteiger partial charge in [-0.3, -0.25) is 0 Å². The number of pyridine rings is 1.